The van der Waals surface area contributed by atoms with Gasteiger partial charge in [0, 0.05) is 25.7 Å². The lowest BCUT2D eigenvalue weighted by atomic mass is 9.91. The molecule has 0 saturated carbocycles. The molecule has 0 heterocycles. The third kappa shape index (κ3) is 2.30. The molecule has 1 atom stereocenters. The van der Waals surface area contributed by atoms with Gasteiger partial charge in [0.1, 0.15) is 0 Å². The normalized spacial score (nSPS) is 19.9. The second-order valence-electron chi connectivity index (χ2n) is 4.03. The van der Waals surface area contributed by atoms with Crippen molar-refractivity contribution in [3.63, 3.8) is 0 Å². The van der Waals surface area contributed by atoms with Crippen LogP contribution < -0.4 is 0 Å². The van der Waals surface area contributed by atoms with Gasteiger partial charge in [-0.3, -0.25) is 0 Å². The topological polar surface area (TPSA) is 3.24 Å². The molecule has 0 fully saturated rings. The lowest BCUT2D eigenvalue weighted by Crippen LogP contribution is -2.13. The van der Waals surface area contributed by atoms with E-state index in [9.17, 15) is 0 Å². The SMILES string of the molecule is CN(C)C1=[C]C(c2ccccc2)CC=C1. The summed E-state index contributed by atoms with van der Waals surface area (Å²) in [6, 6.07) is 10.6. The van der Waals surface area contributed by atoms with E-state index in [1.54, 1.807) is 0 Å². The summed E-state index contributed by atoms with van der Waals surface area (Å²) in [6.07, 6.45) is 8.95. The predicted molar refractivity (Wildman–Crippen MR) is 63.4 cm³/mol. The van der Waals surface area contributed by atoms with Crippen molar-refractivity contribution in [2.45, 2.75) is 12.3 Å². The standard InChI is InChI=1S/C14H16N/c1-15(2)14-10-6-9-13(11-14)12-7-4-3-5-8-12/h3-8,10,13H,9H2,1-2H3. The molecule has 0 aliphatic heterocycles. The minimum Gasteiger partial charge on any atom is -0.377 e. The van der Waals surface area contributed by atoms with Gasteiger partial charge in [-0.2, -0.15) is 0 Å². The van der Waals surface area contributed by atoms with Crippen molar-refractivity contribution < 1.29 is 0 Å². The molecule has 0 spiro atoms. The molecule has 0 N–H and O–H groups in total. The van der Waals surface area contributed by atoms with E-state index in [2.05, 4.69) is 67.6 Å². The van der Waals surface area contributed by atoms with Gasteiger partial charge in [0.05, 0.1) is 0 Å². The molecule has 1 nitrogen and oxygen atoms in total. The summed E-state index contributed by atoms with van der Waals surface area (Å²) >= 11 is 0. The lowest BCUT2D eigenvalue weighted by Gasteiger charge is -2.21. The molecule has 1 heteroatoms. The largest absolute Gasteiger partial charge is 0.377 e. The van der Waals surface area contributed by atoms with Crippen molar-refractivity contribution in [2.75, 3.05) is 14.1 Å². The van der Waals surface area contributed by atoms with Crippen LogP contribution in [-0.4, -0.2) is 19.0 Å². The molecule has 2 rings (SSSR count). The van der Waals surface area contributed by atoms with Crippen LogP contribution >= 0.6 is 0 Å². The summed E-state index contributed by atoms with van der Waals surface area (Å²) in [5.41, 5.74) is 2.52. The van der Waals surface area contributed by atoms with Crippen LogP contribution in [0.3, 0.4) is 0 Å². The van der Waals surface area contributed by atoms with Crippen LogP contribution in [0.2, 0.25) is 0 Å². The van der Waals surface area contributed by atoms with Crippen LogP contribution in [0.5, 0.6) is 0 Å². The van der Waals surface area contributed by atoms with Crippen LogP contribution in [0, 0.1) is 6.08 Å². The maximum Gasteiger partial charge on any atom is 0.0400 e. The number of rotatable bonds is 2. The van der Waals surface area contributed by atoms with E-state index in [-0.39, 0.29) is 0 Å². The summed E-state index contributed by atoms with van der Waals surface area (Å²) < 4.78 is 0. The van der Waals surface area contributed by atoms with Crippen LogP contribution in [0.15, 0.2) is 48.2 Å². The van der Waals surface area contributed by atoms with Gasteiger partial charge >= 0.3 is 0 Å². The Morgan fingerprint density at radius 1 is 1.20 bits per heavy atom. The molecule has 15 heavy (non-hydrogen) atoms. The molecule has 0 bridgehead atoms. The van der Waals surface area contributed by atoms with Crippen molar-refractivity contribution in [3.05, 3.63) is 59.8 Å². The summed E-state index contributed by atoms with van der Waals surface area (Å²) in [6.45, 7) is 0. The maximum absolute atomic E-state index is 3.52. The third-order valence-electron chi connectivity index (χ3n) is 2.65. The van der Waals surface area contributed by atoms with Crippen molar-refractivity contribution in [2.24, 2.45) is 0 Å². The third-order valence-corrected chi connectivity index (χ3v) is 2.65. The van der Waals surface area contributed by atoms with E-state index in [1.165, 1.54) is 11.3 Å². The average Bonchev–Trinajstić information content (AvgIpc) is 2.30. The molecule has 1 radical (unpaired) electrons. The van der Waals surface area contributed by atoms with E-state index in [1.807, 2.05) is 0 Å². The molecule has 0 saturated heterocycles. The average molecular weight is 198 g/mol. The summed E-state index contributed by atoms with van der Waals surface area (Å²) in [5, 5.41) is 0. The first-order valence-corrected chi connectivity index (χ1v) is 5.29. The van der Waals surface area contributed by atoms with Crippen LogP contribution in [0.25, 0.3) is 0 Å². The van der Waals surface area contributed by atoms with Gasteiger partial charge in [-0.25, -0.2) is 0 Å². The van der Waals surface area contributed by atoms with Gasteiger partial charge in [-0.15, -0.1) is 0 Å². The fourth-order valence-electron chi connectivity index (χ4n) is 1.78. The monoisotopic (exact) mass is 198 g/mol. The molecule has 1 aromatic carbocycles. The zero-order chi connectivity index (χ0) is 10.7. The number of likely N-dealkylation sites (N-methyl/N-ethyl adjacent to an activating group) is 1. The lowest BCUT2D eigenvalue weighted by molar-refractivity contribution is 0.515. The number of hydrogen-bond acceptors (Lipinski definition) is 1. The number of hydrogen-bond donors (Lipinski definition) is 0. The molecule has 1 aromatic rings. The maximum atomic E-state index is 3.52. The summed E-state index contributed by atoms with van der Waals surface area (Å²) in [5.74, 6) is 0.411. The summed E-state index contributed by atoms with van der Waals surface area (Å²) in [7, 11) is 4.11. The Balaban J connectivity index is 2.23. The quantitative estimate of drug-likeness (QED) is 0.706. The zero-order valence-electron chi connectivity index (χ0n) is 9.27. The second-order valence-corrected chi connectivity index (χ2v) is 4.03. The fraction of sp³-hybridized carbons (Fsp3) is 0.286. The Morgan fingerprint density at radius 2 is 1.93 bits per heavy atom. The molecule has 0 aromatic heterocycles. The number of benzene rings is 1. The molecule has 1 aliphatic rings. The Kier molecular flexibility index (Phi) is 2.91. The molecule has 1 unspecified atom stereocenters. The minimum atomic E-state index is 0.411. The minimum absolute atomic E-state index is 0.411. The number of allylic oxidation sites excluding steroid dienone is 3. The van der Waals surface area contributed by atoms with Crippen molar-refractivity contribution >= 4 is 0 Å². The molecule has 1 aliphatic carbocycles. The van der Waals surface area contributed by atoms with Gasteiger partial charge in [-0.05, 0) is 24.1 Å². The molecule has 77 valence electrons. The molecular formula is C14H16N. The highest BCUT2D eigenvalue weighted by Gasteiger charge is 2.12. The molecule has 0 amide bonds. The van der Waals surface area contributed by atoms with Gasteiger partial charge in [-0.1, -0.05) is 36.4 Å². The van der Waals surface area contributed by atoms with Gasteiger partial charge in [0.25, 0.3) is 0 Å². The van der Waals surface area contributed by atoms with Gasteiger partial charge in [0.2, 0.25) is 0 Å². The van der Waals surface area contributed by atoms with Crippen molar-refractivity contribution in [1.82, 2.24) is 4.90 Å². The smallest absolute Gasteiger partial charge is 0.0400 e. The second kappa shape index (κ2) is 4.35. The predicted octanol–water partition coefficient (Wildman–Crippen LogP) is 2.98. The Hall–Kier alpha value is -1.50. The van der Waals surface area contributed by atoms with E-state index in [0.29, 0.717) is 5.92 Å². The van der Waals surface area contributed by atoms with E-state index in [0.717, 1.165) is 6.42 Å². The van der Waals surface area contributed by atoms with Gasteiger partial charge < -0.3 is 4.90 Å². The Labute approximate surface area is 91.7 Å². The Bertz CT molecular complexity index is 374. The first-order chi connectivity index (χ1) is 7.27. The fourth-order valence-corrected chi connectivity index (χ4v) is 1.78. The van der Waals surface area contributed by atoms with E-state index in [4.69, 9.17) is 0 Å². The highest BCUT2D eigenvalue weighted by Crippen LogP contribution is 2.26. The highest BCUT2D eigenvalue weighted by atomic mass is 15.1. The van der Waals surface area contributed by atoms with Crippen LogP contribution in [0.1, 0.15) is 17.9 Å². The van der Waals surface area contributed by atoms with Gasteiger partial charge in [0.15, 0.2) is 0 Å². The van der Waals surface area contributed by atoms with Crippen molar-refractivity contribution in [1.29, 1.82) is 0 Å². The van der Waals surface area contributed by atoms with E-state index < -0.39 is 0 Å². The van der Waals surface area contributed by atoms with Crippen LogP contribution in [0.4, 0.5) is 0 Å². The first kappa shape index (κ1) is 10.0. The van der Waals surface area contributed by atoms with E-state index >= 15 is 0 Å². The van der Waals surface area contributed by atoms with Crippen LogP contribution in [-0.2, 0) is 0 Å². The number of nitrogens with zero attached hydrogens (tertiary/aromatic N) is 1. The molecular weight excluding hydrogens is 182 g/mol. The highest BCUT2D eigenvalue weighted by molar-refractivity contribution is 5.29. The summed E-state index contributed by atoms with van der Waals surface area (Å²) in [4.78, 5) is 2.10. The zero-order valence-corrected chi connectivity index (χ0v) is 9.27. The Morgan fingerprint density at radius 3 is 2.60 bits per heavy atom. The van der Waals surface area contributed by atoms with Crippen molar-refractivity contribution in [3.8, 4) is 0 Å². The first-order valence-electron chi connectivity index (χ1n) is 5.29.